The second-order valence-corrected chi connectivity index (χ2v) is 7.20. The Morgan fingerprint density at radius 3 is 2.32 bits per heavy atom. The van der Waals surface area contributed by atoms with Gasteiger partial charge in [0.05, 0.1) is 11.3 Å². The van der Waals surface area contributed by atoms with E-state index in [4.69, 9.17) is 11.6 Å². The van der Waals surface area contributed by atoms with E-state index >= 15 is 0 Å². The molecule has 0 aromatic heterocycles. The summed E-state index contributed by atoms with van der Waals surface area (Å²) in [4.78, 5) is 22.8. The molecule has 6 nitrogen and oxygen atoms in total. The molecule has 9 heteroatoms. The minimum atomic E-state index is -3.94. The number of hydrogen-bond donors (Lipinski definition) is 2. The minimum Gasteiger partial charge on any atom is -0.326 e. The monoisotopic (exact) mass is 384 g/mol. The first kappa shape index (κ1) is 18.9. The van der Waals surface area contributed by atoms with Gasteiger partial charge < -0.3 is 5.32 Å². The number of nitrogens with one attached hydrogen (secondary N) is 2. The summed E-state index contributed by atoms with van der Waals surface area (Å²) < 4.78 is 39.1. The van der Waals surface area contributed by atoms with Gasteiger partial charge in [-0.15, -0.1) is 0 Å². The van der Waals surface area contributed by atoms with Crippen LogP contribution in [0.5, 0.6) is 0 Å². The van der Waals surface area contributed by atoms with Gasteiger partial charge in [-0.3, -0.25) is 9.59 Å². The average molecular weight is 385 g/mol. The highest BCUT2D eigenvalue weighted by Crippen LogP contribution is 2.20. The SMILES string of the molecule is CC(=O)NS(=O)(=O)c1ccc(NC(=O)Cc2c(F)cccc2Cl)cc1. The van der Waals surface area contributed by atoms with Crippen molar-refractivity contribution in [1.29, 1.82) is 0 Å². The predicted octanol–water partition coefficient (Wildman–Crippen LogP) is 2.49. The summed E-state index contributed by atoms with van der Waals surface area (Å²) in [6.07, 6.45) is -0.266. The molecular formula is C16H14ClFN2O4S. The van der Waals surface area contributed by atoms with Crippen molar-refractivity contribution in [1.82, 2.24) is 4.72 Å². The summed E-state index contributed by atoms with van der Waals surface area (Å²) in [5, 5.41) is 2.66. The van der Waals surface area contributed by atoms with Crippen LogP contribution in [0.1, 0.15) is 12.5 Å². The van der Waals surface area contributed by atoms with Crippen molar-refractivity contribution < 1.29 is 22.4 Å². The van der Waals surface area contributed by atoms with Crippen LogP contribution in [0.25, 0.3) is 0 Å². The van der Waals surface area contributed by atoms with Gasteiger partial charge in [0.2, 0.25) is 11.8 Å². The molecule has 25 heavy (non-hydrogen) atoms. The van der Waals surface area contributed by atoms with Gasteiger partial charge in [0.15, 0.2) is 0 Å². The van der Waals surface area contributed by atoms with Gasteiger partial charge in [0.25, 0.3) is 10.0 Å². The third-order valence-corrected chi connectivity index (χ3v) is 4.93. The van der Waals surface area contributed by atoms with E-state index in [-0.39, 0.29) is 21.9 Å². The Labute approximate surface area is 149 Å². The summed E-state index contributed by atoms with van der Waals surface area (Å²) in [7, 11) is -3.94. The lowest BCUT2D eigenvalue weighted by atomic mass is 10.1. The highest BCUT2D eigenvalue weighted by molar-refractivity contribution is 7.90. The Kier molecular flexibility index (Phi) is 5.76. The third kappa shape index (κ3) is 5.01. The van der Waals surface area contributed by atoms with E-state index in [0.717, 1.165) is 6.92 Å². The van der Waals surface area contributed by atoms with Crippen molar-refractivity contribution in [2.75, 3.05) is 5.32 Å². The number of amides is 2. The lowest BCUT2D eigenvalue weighted by molar-refractivity contribution is -0.117. The van der Waals surface area contributed by atoms with Crippen LogP contribution in [0.3, 0.4) is 0 Å². The van der Waals surface area contributed by atoms with Crippen molar-refractivity contribution in [2.45, 2.75) is 18.2 Å². The van der Waals surface area contributed by atoms with Gasteiger partial charge in [0, 0.05) is 23.2 Å². The Morgan fingerprint density at radius 2 is 1.76 bits per heavy atom. The zero-order valence-corrected chi connectivity index (χ0v) is 14.6. The first-order valence-corrected chi connectivity index (χ1v) is 8.91. The molecule has 2 aromatic carbocycles. The molecule has 0 saturated heterocycles. The zero-order chi connectivity index (χ0) is 18.6. The molecule has 2 rings (SSSR count). The first-order valence-electron chi connectivity index (χ1n) is 7.05. The normalized spacial score (nSPS) is 11.0. The van der Waals surface area contributed by atoms with Crippen molar-refractivity contribution in [2.24, 2.45) is 0 Å². The summed E-state index contributed by atoms with van der Waals surface area (Å²) in [5.41, 5.74) is 0.394. The standard InChI is InChI=1S/C16H14ClFN2O4S/c1-10(21)20-25(23,24)12-7-5-11(6-8-12)19-16(22)9-13-14(17)3-2-4-15(13)18/h2-8H,9H2,1H3,(H,19,22)(H,20,21). The number of rotatable bonds is 5. The molecule has 0 heterocycles. The molecule has 132 valence electrons. The number of carbonyl (C=O) groups excluding carboxylic acids is 2. The number of anilines is 1. The Morgan fingerprint density at radius 1 is 1.12 bits per heavy atom. The zero-order valence-electron chi connectivity index (χ0n) is 13.0. The summed E-state index contributed by atoms with van der Waals surface area (Å²) in [6, 6.07) is 9.30. The van der Waals surface area contributed by atoms with Gasteiger partial charge in [-0.05, 0) is 36.4 Å². The van der Waals surface area contributed by atoms with E-state index in [9.17, 15) is 22.4 Å². The highest BCUT2D eigenvalue weighted by Gasteiger charge is 2.16. The van der Waals surface area contributed by atoms with Crippen molar-refractivity contribution in [3.63, 3.8) is 0 Å². The van der Waals surface area contributed by atoms with E-state index in [1.807, 2.05) is 4.72 Å². The van der Waals surface area contributed by atoms with Crippen LogP contribution in [-0.4, -0.2) is 20.2 Å². The fraction of sp³-hybridized carbons (Fsp3) is 0.125. The molecule has 0 saturated carbocycles. The van der Waals surface area contributed by atoms with E-state index in [1.54, 1.807) is 0 Å². The second kappa shape index (κ2) is 7.62. The molecule has 0 spiro atoms. The molecule has 0 aliphatic carbocycles. The van der Waals surface area contributed by atoms with E-state index in [2.05, 4.69) is 5.32 Å². The van der Waals surface area contributed by atoms with Gasteiger partial charge in [-0.1, -0.05) is 17.7 Å². The number of hydrogen-bond acceptors (Lipinski definition) is 4. The van der Waals surface area contributed by atoms with Gasteiger partial charge in [-0.2, -0.15) is 0 Å². The lowest BCUT2D eigenvalue weighted by Crippen LogP contribution is -2.28. The molecule has 2 aromatic rings. The Balaban J connectivity index is 2.09. The van der Waals surface area contributed by atoms with Crippen LogP contribution >= 0.6 is 11.6 Å². The second-order valence-electron chi connectivity index (χ2n) is 5.11. The molecule has 2 N–H and O–H groups in total. The van der Waals surface area contributed by atoms with Crippen molar-refractivity contribution in [3.8, 4) is 0 Å². The summed E-state index contributed by atoms with van der Waals surface area (Å²) in [6.45, 7) is 1.08. The number of benzene rings is 2. The van der Waals surface area contributed by atoms with Crippen molar-refractivity contribution >= 4 is 39.1 Å². The maximum atomic E-state index is 13.7. The average Bonchev–Trinajstić information content (AvgIpc) is 2.50. The maximum Gasteiger partial charge on any atom is 0.264 e. The van der Waals surface area contributed by atoms with Crippen LogP contribution in [0.2, 0.25) is 5.02 Å². The van der Waals surface area contributed by atoms with Crippen LogP contribution in [0, 0.1) is 5.82 Å². The molecule has 2 amide bonds. The fourth-order valence-electron chi connectivity index (χ4n) is 2.03. The third-order valence-electron chi connectivity index (χ3n) is 3.13. The first-order chi connectivity index (χ1) is 11.7. The molecule has 0 unspecified atom stereocenters. The Bertz CT molecular complexity index is 894. The quantitative estimate of drug-likeness (QED) is 0.828. The largest absolute Gasteiger partial charge is 0.326 e. The van der Waals surface area contributed by atoms with E-state index in [0.29, 0.717) is 5.69 Å². The highest BCUT2D eigenvalue weighted by atomic mass is 35.5. The van der Waals surface area contributed by atoms with Gasteiger partial charge in [0.1, 0.15) is 5.82 Å². The van der Waals surface area contributed by atoms with Crippen LogP contribution < -0.4 is 10.0 Å². The summed E-state index contributed by atoms with van der Waals surface area (Å²) in [5.74, 6) is -1.80. The molecule has 0 radical (unpaired) electrons. The maximum absolute atomic E-state index is 13.7. The smallest absolute Gasteiger partial charge is 0.264 e. The number of halogens is 2. The topological polar surface area (TPSA) is 92.3 Å². The van der Waals surface area contributed by atoms with E-state index < -0.39 is 27.7 Å². The fourth-order valence-corrected chi connectivity index (χ4v) is 3.25. The molecular weight excluding hydrogens is 371 g/mol. The van der Waals surface area contributed by atoms with Gasteiger partial charge in [-0.25, -0.2) is 17.5 Å². The molecule has 0 aliphatic heterocycles. The van der Waals surface area contributed by atoms with Crippen LogP contribution in [0.4, 0.5) is 10.1 Å². The number of sulfonamides is 1. The van der Waals surface area contributed by atoms with Crippen LogP contribution in [0.15, 0.2) is 47.4 Å². The van der Waals surface area contributed by atoms with Gasteiger partial charge >= 0.3 is 0 Å². The minimum absolute atomic E-state index is 0.0755. The lowest BCUT2D eigenvalue weighted by Gasteiger charge is -2.09. The van der Waals surface area contributed by atoms with E-state index in [1.165, 1.54) is 42.5 Å². The Hall–Kier alpha value is -2.45. The number of carbonyl (C=O) groups is 2. The van der Waals surface area contributed by atoms with Crippen molar-refractivity contribution in [3.05, 3.63) is 58.9 Å². The molecule has 0 atom stereocenters. The predicted molar refractivity (Wildman–Crippen MR) is 91.2 cm³/mol. The van der Waals surface area contributed by atoms with Crippen LogP contribution in [-0.2, 0) is 26.0 Å². The molecule has 0 aliphatic rings. The molecule has 0 bridgehead atoms. The summed E-state index contributed by atoms with van der Waals surface area (Å²) >= 11 is 5.87. The molecule has 0 fully saturated rings.